The Morgan fingerprint density at radius 1 is 1.09 bits per heavy atom. The highest BCUT2D eigenvalue weighted by molar-refractivity contribution is 5.55. The monoisotopic (exact) mass is 307 g/mol. The minimum atomic E-state index is 0.534. The summed E-state index contributed by atoms with van der Waals surface area (Å²) in [5.74, 6) is 0.534. The van der Waals surface area contributed by atoms with Gasteiger partial charge in [0.2, 0.25) is 5.82 Å². The number of benzene rings is 1. The van der Waals surface area contributed by atoms with E-state index in [-0.39, 0.29) is 0 Å². The van der Waals surface area contributed by atoms with Gasteiger partial charge >= 0.3 is 0 Å². The van der Waals surface area contributed by atoms with Crippen molar-refractivity contribution in [1.29, 1.82) is 0 Å². The summed E-state index contributed by atoms with van der Waals surface area (Å²) < 4.78 is 0. The van der Waals surface area contributed by atoms with Gasteiger partial charge in [-0.1, -0.05) is 18.2 Å². The zero-order chi connectivity index (χ0) is 15.5. The highest BCUT2D eigenvalue weighted by atomic mass is 15.6. The van der Waals surface area contributed by atoms with E-state index < -0.39 is 0 Å². The molecular weight excluding hydrogens is 290 g/mol. The van der Waals surface area contributed by atoms with Crippen LogP contribution in [0.2, 0.25) is 0 Å². The lowest BCUT2D eigenvalue weighted by atomic mass is 10.0. The number of hydrogen-bond donors (Lipinski definition) is 0. The van der Waals surface area contributed by atoms with Crippen LogP contribution in [-0.2, 0) is 13.0 Å². The van der Waals surface area contributed by atoms with Gasteiger partial charge in [-0.3, -0.25) is 0 Å². The largest absolute Gasteiger partial charge is 0.369 e. The molecule has 3 aromatic rings. The average molecular weight is 307 g/mol. The number of tetrazole rings is 1. The molecule has 0 bridgehead atoms. The smallest absolute Gasteiger partial charge is 0.223 e. The van der Waals surface area contributed by atoms with Crippen LogP contribution in [0.4, 0.5) is 5.69 Å². The molecule has 0 aliphatic carbocycles. The van der Waals surface area contributed by atoms with E-state index in [0.29, 0.717) is 18.1 Å². The minimum Gasteiger partial charge on any atom is -0.369 e. The van der Waals surface area contributed by atoms with Crippen molar-refractivity contribution in [3.63, 3.8) is 0 Å². The van der Waals surface area contributed by atoms with Crippen LogP contribution in [-0.4, -0.2) is 43.3 Å². The van der Waals surface area contributed by atoms with Gasteiger partial charge in [0.05, 0.1) is 6.54 Å². The summed E-state index contributed by atoms with van der Waals surface area (Å²) in [6.45, 7) is 2.65. The second-order valence-electron chi connectivity index (χ2n) is 5.52. The molecule has 0 unspecified atom stereocenters. The second kappa shape index (κ2) is 6.12. The molecule has 3 heterocycles. The first-order chi connectivity index (χ1) is 11.4. The highest BCUT2D eigenvalue weighted by Gasteiger charge is 2.16. The minimum absolute atomic E-state index is 0.534. The van der Waals surface area contributed by atoms with E-state index in [9.17, 15) is 0 Å². The van der Waals surface area contributed by atoms with Gasteiger partial charge in [-0.2, -0.15) is 4.80 Å². The molecule has 23 heavy (non-hydrogen) atoms. The molecular formula is C16H17N7. The van der Waals surface area contributed by atoms with Crippen LogP contribution < -0.4 is 4.90 Å². The van der Waals surface area contributed by atoms with Crippen LogP contribution >= 0.6 is 0 Å². The third-order valence-electron chi connectivity index (χ3n) is 4.04. The molecule has 1 aliphatic heterocycles. The van der Waals surface area contributed by atoms with Crippen molar-refractivity contribution in [2.75, 3.05) is 18.0 Å². The van der Waals surface area contributed by atoms with E-state index in [4.69, 9.17) is 0 Å². The molecule has 1 aromatic carbocycles. The summed E-state index contributed by atoms with van der Waals surface area (Å²) in [5.41, 5.74) is 3.44. The van der Waals surface area contributed by atoms with Crippen LogP contribution in [0.3, 0.4) is 0 Å². The van der Waals surface area contributed by atoms with Gasteiger partial charge in [0.25, 0.3) is 0 Å². The molecule has 0 N–H and O–H groups in total. The summed E-state index contributed by atoms with van der Waals surface area (Å²) in [4.78, 5) is 12.1. The maximum atomic E-state index is 4.40. The predicted molar refractivity (Wildman–Crippen MR) is 85.8 cm³/mol. The van der Waals surface area contributed by atoms with E-state index in [0.717, 1.165) is 19.5 Å². The third-order valence-corrected chi connectivity index (χ3v) is 4.04. The van der Waals surface area contributed by atoms with Crippen LogP contribution in [0.15, 0.2) is 42.9 Å². The first-order valence-corrected chi connectivity index (χ1v) is 7.77. The number of anilines is 1. The number of fused-ring (bicyclic) bond motifs is 1. The zero-order valence-electron chi connectivity index (χ0n) is 12.7. The number of hydrogen-bond acceptors (Lipinski definition) is 6. The third kappa shape index (κ3) is 2.90. The zero-order valence-corrected chi connectivity index (χ0v) is 12.7. The lowest BCUT2D eigenvalue weighted by Crippen LogP contribution is -2.32. The molecule has 7 heteroatoms. The SMILES string of the molecule is c1ccc2c(c1)CCCN2CCn1nnc(-c2ccncn2)n1. The van der Waals surface area contributed by atoms with Crippen LogP contribution in [0.25, 0.3) is 11.5 Å². The van der Waals surface area contributed by atoms with E-state index in [1.807, 2.05) is 0 Å². The van der Waals surface area contributed by atoms with Crippen LogP contribution in [0.1, 0.15) is 12.0 Å². The summed E-state index contributed by atoms with van der Waals surface area (Å²) >= 11 is 0. The van der Waals surface area contributed by atoms with Gasteiger partial charge in [0, 0.05) is 25.0 Å². The van der Waals surface area contributed by atoms with Gasteiger partial charge in [-0.15, -0.1) is 10.2 Å². The molecule has 1 aliphatic rings. The lowest BCUT2D eigenvalue weighted by molar-refractivity contribution is 0.510. The maximum absolute atomic E-state index is 4.40. The van der Waals surface area contributed by atoms with E-state index in [1.54, 1.807) is 17.1 Å². The van der Waals surface area contributed by atoms with Crippen molar-refractivity contribution in [1.82, 2.24) is 30.2 Å². The Bertz CT molecular complexity index is 784. The van der Waals surface area contributed by atoms with E-state index in [1.165, 1.54) is 24.0 Å². The van der Waals surface area contributed by atoms with Gasteiger partial charge in [0.1, 0.15) is 12.0 Å². The molecule has 0 radical (unpaired) electrons. The second-order valence-corrected chi connectivity index (χ2v) is 5.52. The Labute approximate surface area is 134 Å². The predicted octanol–water partition coefficient (Wildman–Crippen LogP) is 1.58. The molecule has 0 spiro atoms. The van der Waals surface area contributed by atoms with Gasteiger partial charge in [-0.05, 0) is 35.8 Å². The Balaban J connectivity index is 1.45. The summed E-state index contributed by atoms with van der Waals surface area (Å²) in [5, 5.41) is 12.6. The van der Waals surface area contributed by atoms with Gasteiger partial charge in [-0.25, -0.2) is 9.97 Å². The molecule has 7 nitrogen and oxygen atoms in total. The Hall–Kier alpha value is -2.83. The molecule has 2 aromatic heterocycles. The quantitative estimate of drug-likeness (QED) is 0.729. The molecule has 0 saturated heterocycles. The number of aromatic nitrogens is 6. The van der Waals surface area contributed by atoms with Gasteiger partial charge in [0.15, 0.2) is 0 Å². The van der Waals surface area contributed by atoms with Crippen molar-refractivity contribution in [2.24, 2.45) is 0 Å². The van der Waals surface area contributed by atoms with Crippen molar-refractivity contribution >= 4 is 5.69 Å². The average Bonchev–Trinajstić information content (AvgIpc) is 3.10. The highest BCUT2D eigenvalue weighted by Crippen LogP contribution is 2.26. The fourth-order valence-electron chi connectivity index (χ4n) is 2.92. The first-order valence-electron chi connectivity index (χ1n) is 7.77. The number of para-hydroxylation sites is 1. The summed E-state index contributed by atoms with van der Waals surface area (Å²) in [7, 11) is 0. The fourth-order valence-corrected chi connectivity index (χ4v) is 2.92. The molecule has 0 amide bonds. The normalized spacial score (nSPS) is 13.8. The van der Waals surface area contributed by atoms with Gasteiger partial charge < -0.3 is 4.90 Å². The Morgan fingerprint density at radius 3 is 2.96 bits per heavy atom. The fraction of sp³-hybridized carbons (Fsp3) is 0.312. The van der Waals surface area contributed by atoms with E-state index >= 15 is 0 Å². The van der Waals surface area contributed by atoms with E-state index in [2.05, 4.69) is 54.5 Å². The van der Waals surface area contributed by atoms with Crippen LogP contribution in [0, 0.1) is 0 Å². The first kappa shape index (κ1) is 13.8. The van der Waals surface area contributed by atoms with Crippen molar-refractivity contribution in [3.8, 4) is 11.5 Å². The molecule has 0 saturated carbocycles. The summed E-state index contributed by atoms with van der Waals surface area (Å²) in [6.07, 6.45) is 5.51. The molecule has 116 valence electrons. The lowest BCUT2D eigenvalue weighted by Gasteiger charge is -2.30. The molecule has 0 fully saturated rings. The summed E-state index contributed by atoms with van der Waals surface area (Å²) in [6, 6.07) is 10.4. The Kier molecular flexibility index (Phi) is 3.67. The number of aryl methyl sites for hydroxylation is 1. The maximum Gasteiger partial charge on any atom is 0.223 e. The van der Waals surface area contributed by atoms with Crippen LogP contribution in [0.5, 0.6) is 0 Å². The number of nitrogens with zero attached hydrogens (tertiary/aromatic N) is 7. The van der Waals surface area contributed by atoms with Crippen molar-refractivity contribution in [2.45, 2.75) is 19.4 Å². The topological polar surface area (TPSA) is 72.6 Å². The molecule has 4 rings (SSSR count). The van der Waals surface area contributed by atoms with Crippen molar-refractivity contribution < 1.29 is 0 Å². The molecule has 0 atom stereocenters. The number of rotatable bonds is 4. The Morgan fingerprint density at radius 2 is 2.04 bits per heavy atom. The van der Waals surface area contributed by atoms with Crippen molar-refractivity contribution in [3.05, 3.63) is 48.4 Å². The standard InChI is InChI=1S/C16H17N7/c1-2-6-15-13(4-1)5-3-9-22(15)10-11-23-20-16(19-21-23)14-7-8-17-12-18-14/h1-2,4,6-8,12H,3,5,9-11H2.